The van der Waals surface area contributed by atoms with E-state index in [9.17, 15) is 4.79 Å². The molecule has 1 heterocycles. The zero-order valence-corrected chi connectivity index (χ0v) is 22.6. The van der Waals surface area contributed by atoms with Crippen molar-refractivity contribution in [2.24, 2.45) is 5.10 Å². The van der Waals surface area contributed by atoms with E-state index in [2.05, 4.69) is 20.7 Å². The third-order valence-corrected chi connectivity index (χ3v) is 6.79. The topological polar surface area (TPSA) is 90.6 Å². The first-order valence-electron chi connectivity index (χ1n) is 12.6. The van der Waals surface area contributed by atoms with E-state index in [0.29, 0.717) is 17.6 Å². The number of methoxy groups -OCH3 is 1. The van der Waals surface area contributed by atoms with Crippen molar-refractivity contribution in [3.8, 4) is 28.6 Å². The van der Waals surface area contributed by atoms with Gasteiger partial charge in [0.25, 0.3) is 5.91 Å². The fraction of sp³-hybridized carbons (Fsp3) is 0.0968. The van der Waals surface area contributed by atoms with Gasteiger partial charge in [0.1, 0.15) is 18.1 Å². The Morgan fingerprint density at radius 2 is 1.55 bits per heavy atom. The fourth-order valence-corrected chi connectivity index (χ4v) is 4.58. The molecule has 8 nitrogen and oxygen atoms in total. The second kappa shape index (κ2) is 13.3. The van der Waals surface area contributed by atoms with Crippen LogP contribution in [-0.4, -0.2) is 39.7 Å². The van der Waals surface area contributed by atoms with Gasteiger partial charge in [0, 0.05) is 11.3 Å². The van der Waals surface area contributed by atoms with Gasteiger partial charge in [0.15, 0.2) is 11.0 Å². The normalized spacial score (nSPS) is 10.9. The molecule has 0 unspecified atom stereocenters. The van der Waals surface area contributed by atoms with Crippen LogP contribution in [-0.2, 0) is 11.4 Å². The number of ether oxygens (including phenoxy) is 2. The minimum Gasteiger partial charge on any atom is -0.497 e. The first kappa shape index (κ1) is 26.7. The Hall–Kier alpha value is -4.89. The smallest absolute Gasteiger partial charge is 0.250 e. The van der Waals surface area contributed by atoms with Crippen LogP contribution in [0.5, 0.6) is 11.5 Å². The lowest BCUT2D eigenvalue weighted by molar-refractivity contribution is -0.118. The van der Waals surface area contributed by atoms with E-state index >= 15 is 0 Å². The summed E-state index contributed by atoms with van der Waals surface area (Å²) in [4.78, 5) is 12.5. The third-order valence-electron chi connectivity index (χ3n) is 5.86. The number of carbonyl (C=O) groups excluding carboxylic acids is 1. The molecule has 1 amide bonds. The summed E-state index contributed by atoms with van der Waals surface area (Å²) >= 11 is 1.28. The number of carbonyl (C=O) groups is 1. The molecule has 0 fully saturated rings. The molecule has 9 heteroatoms. The lowest BCUT2D eigenvalue weighted by atomic mass is 10.2. The van der Waals surface area contributed by atoms with E-state index in [1.54, 1.807) is 13.3 Å². The second-order valence-corrected chi connectivity index (χ2v) is 9.57. The number of hydrazone groups is 1. The van der Waals surface area contributed by atoms with E-state index in [1.807, 2.05) is 114 Å². The lowest BCUT2D eigenvalue weighted by Crippen LogP contribution is -2.20. The van der Waals surface area contributed by atoms with E-state index in [-0.39, 0.29) is 11.7 Å². The Morgan fingerprint density at radius 3 is 2.25 bits per heavy atom. The van der Waals surface area contributed by atoms with Crippen molar-refractivity contribution in [1.29, 1.82) is 0 Å². The minimum absolute atomic E-state index is 0.118. The van der Waals surface area contributed by atoms with Crippen LogP contribution >= 0.6 is 11.8 Å². The van der Waals surface area contributed by atoms with Crippen LogP contribution in [0.2, 0.25) is 0 Å². The number of nitrogens with zero attached hydrogens (tertiary/aromatic N) is 4. The van der Waals surface area contributed by atoms with Crippen LogP contribution < -0.4 is 14.9 Å². The zero-order chi connectivity index (χ0) is 27.6. The highest BCUT2D eigenvalue weighted by Crippen LogP contribution is 2.28. The van der Waals surface area contributed by atoms with Crippen molar-refractivity contribution < 1.29 is 14.3 Å². The number of amides is 1. The Balaban J connectivity index is 1.19. The average molecular weight is 550 g/mol. The molecule has 0 saturated heterocycles. The summed E-state index contributed by atoms with van der Waals surface area (Å²) in [5, 5.41) is 13.5. The molecule has 1 N–H and O–H groups in total. The van der Waals surface area contributed by atoms with E-state index < -0.39 is 0 Å². The molecule has 0 bridgehead atoms. The van der Waals surface area contributed by atoms with Gasteiger partial charge in [-0.05, 0) is 59.7 Å². The van der Waals surface area contributed by atoms with Gasteiger partial charge in [-0.1, -0.05) is 72.4 Å². The SMILES string of the molecule is COc1ccc(-n2c(SCC(=O)N/N=C\c3ccc(OCc4ccccc4)cc3)nnc2-c2ccccc2)cc1. The summed E-state index contributed by atoms with van der Waals surface area (Å²) in [5.41, 5.74) is 6.31. The molecule has 1 aromatic heterocycles. The highest BCUT2D eigenvalue weighted by atomic mass is 32.2. The zero-order valence-electron chi connectivity index (χ0n) is 21.8. The van der Waals surface area contributed by atoms with E-state index in [1.165, 1.54) is 11.8 Å². The summed E-state index contributed by atoms with van der Waals surface area (Å²) in [5.74, 6) is 2.06. The number of hydrogen-bond donors (Lipinski definition) is 1. The molecule has 0 radical (unpaired) electrons. The van der Waals surface area contributed by atoms with E-state index in [0.717, 1.165) is 33.9 Å². The first-order chi connectivity index (χ1) is 19.7. The predicted molar refractivity (Wildman–Crippen MR) is 157 cm³/mol. The maximum Gasteiger partial charge on any atom is 0.250 e. The molecule has 5 rings (SSSR count). The van der Waals surface area contributed by atoms with E-state index in [4.69, 9.17) is 9.47 Å². The molecule has 4 aromatic carbocycles. The Morgan fingerprint density at radius 1 is 0.875 bits per heavy atom. The van der Waals surface area contributed by atoms with Crippen molar-refractivity contribution in [3.05, 3.63) is 120 Å². The van der Waals surface area contributed by atoms with Gasteiger partial charge in [-0.15, -0.1) is 10.2 Å². The van der Waals surface area contributed by atoms with Crippen molar-refractivity contribution in [2.45, 2.75) is 11.8 Å². The molecule has 0 spiro atoms. The molecule has 5 aromatic rings. The minimum atomic E-state index is -0.255. The van der Waals surface area contributed by atoms with Crippen molar-refractivity contribution >= 4 is 23.9 Å². The van der Waals surface area contributed by atoms with Crippen LogP contribution in [0, 0.1) is 0 Å². The third kappa shape index (κ3) is 6.95. The quantitative estimate of drug-likeness (QED) is 0.128. The molecule has 200 valence electrons. The highest BCUT2D eigenvalue weighted by molar-refractivity contribution is 7.99. The van der Waals surface area contributed by atoms with Gasteiger partial charge >= 0.3 is 0 Å². The molecule has 40 heavy (non-hydrogen) atoms. The summed E-state index contributed by atoms with van der Waals surface area (Å²) in [6, 6.07) is 34.9. The van der Waals surface area contributed by atoms with Crippen LogP contribution in [0.3, 0.4) is 0 Å². The summed E-state index contributed by atoms with van der Waals surface area (Å²) < 4.78 is 13.0. The Bertz CT molecular complexity index is 1550. The van der Waals surface area contributed by atoms with Crippen molar-refractivity contribution in [3.63, 3.8) is 0 Å². The van der Waals surface area contributed by atoms with Crippen LogP contribution in [0.1, 0.15) is 11.1 Å². The van der Waals surface area contributed by atoms with Crippen LogP contribution in [0.25, 0.3) is 17.1 Å². The number of hydrogen-bond acceptors (Lipinski definition) is 7. The number of benzene rings is 4. The number of nitrogens with one attached hydrogen (secondary N) is 1. The maximum atomic E-state index is 12.5. The molecule has 0 saturated carbocycles. The predicted octanol–water partition coefficient (Wildman–Crippen LogP) is 5.76. The lowest BCUT2D eigenvalue weighted by Gasteiger charge is -2.11. The summed E-state index contributed by atoms with van der Waals surface area (Å²) in [6.07, 6.45) is 1.59. The van der Waals surface area contributed by atoms with Gasteiger partial charge in [-0.2, -0.15) is 5.10 Å². The standard InChI is InChI=1S/C31H27N5O3S/c1-38-27-18-14-26(15-19-27)36-30(25-10-6-3-7-11-25)34-35-31(36)40-22-29(37)33-32-20-23-12-16-28(17-13-23)39-21-24-8-4-2-5-9-24/h2-20H,21-22H2,1H3,(H,33,37)/b32-20-. The molecular weight excluding hydrogens is 522 g/mol. The molecular formula is C31H27N5O3S. The molecule has 0 aliphatic rings. The monoisotopic (exact) mass is 549 g/mol. The van der Waals surface area contributed by atoms with Crippen molar-refractivity contribution in [2.75, 3.05) is 12.9 Å². The summed E-state index contributed by atoms with van der Waals surface area (Å²) in [6.45, 7) is 0.501. The van der Waals surface area contributed by atoms with Gasteiger partial charge in [0.2, 0.25) is 0 Å². The number of thioether (sulfide) groups is 1. The molecule has 0 aliphatic carbocycles. The van der Waals surface area contributed by atoms with Crippen LogP contribution in [0.15, 0.2) is 119 Å². The fourth-order valence-electron chi connectivity index (χ4n) is 3.83. The number of rotatable bonds is 11. The Kier molecular flexibility index (Phi) is 8.85. The van der Waals surface area contributed by atoms with Crippen LogP contribution in [0.4, 0.5) is 0 Å². The summed E-state index contributed by atoms with van der Waals surface area (Å²) in [7, 11) is 1.63. The molecule has 0 atom stereocenters. The van der Waals surface area contributed by atoms with Gasteiger partial charge in [-0.3, -0.25) is 9.36 Å². The first-order valence-corrected chi connectivity index (χ1v) is 13.5. The van der Waals surface area contributed by atoms with Gasteiger partial charge in [-0.25, -0.2) is 5.43 Å². The van der Waals surface area contributed by atoms with Gasteiger partial charge < -0.3 is 9.47 Å². The second-order valence-electron chi connectivity index (χ2n) is 8.63. The highest BCUT2D eigenvalue weighted by Gasteiger charge is 2.17. The molecule has 0 aliphatic heterocycles. The largest absolute Gasteiger partial charge is 0.497 e. The van der Waals surface area contributed by atoms with Gasteiger partial charge in [0.05, 0.1) is 19.1 Å². The Labute approximate surface area is 236 Å². The number of aromatic nitrogens is 3. The maximum absolute atomic E-state index is 12.5. The average Bonchev–Trinajstić information content (AvgIpc) is 3.44. The van der Waals surface area contributed by atoms with Crippen molar-refractivity contribution in [1.82, 2.24) is 20.2 Å².